The van der Waals surface area contributed by atoms with Gasteiger partial charge in [0.15, 0.2) is 0 Å². The third-order valence-electron chi connectivity index (χ3n) is 12.9. The highest BCUT2D eigenvalue weighted by Crippen LogP contribution is 2.47. The van der Waals surface area contributed by atoms with E-state index in [1.165, 1.54) is 32.4 Å². The number of carbonyl (C=O) groups is 2. The summed E-state index contributed by atoms with van der Waals surface area (Å²) in [6, 6.07) is -0.686. The van der Waals surface area contributed by atoms with Crippen molar-refractivity contribution in [2.45, 2.75) is 133 Å². The maximum Gasteiger partial charge on any atom is 0.227 e. The first-order valence-corrected chi connectivity index (χ1v) is 19.0. The topological polar surface area (TPSA) is 132 Å². The molecule has 2 amide bonds. The minimum Gasteiger partial charge on any atom is -0.350 e. The van der Waals surface area contributed by atoms with E-state index in [4.69, 9.17) is 11.5 Å². The number of halogens is 2. The van der Waals surface area contributed by atoms with Crippen LogP contribution in [0, 0.1) is 17.3 Å². The van der Waals surface area contributed by atoms with E-state index in [1.54, 1.807) is 0 Å². The zero-order valence-corrected chi connectivity index (χ0v) is 28.5. The van der Waals surface area contributed by atoms with Gasteiger partial charge in [0.05, 0.1) is 24.2 Å². The second kappa shape index (κ2) is 16.1. The molecule has 6 unspecified atom stereocenters. The van der Waals surface area contributed by atoms with Crippen LogP contribution in [0.1, 0.15) is 89.9 Å². The van der Waals surface area contributed by atoms with Gasteiger partial charge in [0.25, 0.3) is 0 Å². The van der Waals surface area contributed by atoms with E-state index >= 15 is 4.39 Å². The van der Waals surface area contributed by atoms with Crippen molar-refractivity contribution >= 4 is 11.8 Å². The van der Waals surface area contributed by atoms with Crippen LogP contribution in [-0.2, 0) is 9.59 Å². The molecule has 5 aliphatic heterocycles. The molecule has 5 saturated heterocycles. The fourth-order valence-electron chi connectivity index (χ4n) is 10.2. The predicted molar refractivity (Wildman–Crippen MR) is 180 cm³/mol. The first kappa shape index (κ1) is 35.4. The van der Waals surface area contributed by atoms with Crippen molar-refractivity contribution in [3.05, 3.63) is 0 Å². The Kier molecular flexibility index (Phi) is 12.1. The summed E-state index contributed by atoms with van der Waals surface area (Å²) in [6.07, 6.45) is 10.9. The van der Waals surface area contributed by atoms with Crippen LogP contribution in [0.25, 0.3) is 0 Å². The average molecular weight is 665 g/mol. The number of nitrogens with one attached hydrogen (secondary N) is 3. The lowest BCUT2D eigenvalue weighted by Gasteiger charge is -2.46. The number of nitrogens with two attached hydrogens (primary N) is 2. The van der Waals surface area contributed by atoms with E-state index in [0.717, 1.165) is 64.5 Å². The lowest BCUT2D eigenvalue weighted by atomic mass is 9.72. The second-order valence-corrected chi connectivity index (χ2v) is 15.9. The molecular weight excluding hydrogens is 602 g/mol. The Hall–Kier alpha value is -1.44. The quantitative estimate of drug-likeness (QED) is 0.261. The minimum absolute atomic E-state index is 0.0137. The van der Waals surface area contributed by atoms with Crippen LogP contribution in [0.15, 0.2) is 0 Å². The number of hydrogen-bond acceptors (Lipinski definition) is 8. The second-order valence-electron chi connectivity index (χ2n) is 15.9. The molecule has 0 bridgehead atoms. The van der Waals surface area contributed by atoms with Crippen molar-refractivity contribution in [3.63, 3.8) is 0 Å². The van der Waals surface area contributed by atoms with Gasteiger partial charge in [0.1, 0.15) is 12.3 Å². The monoisotopic (exact) mass is 664 g/mol. The molecule has 0 aromatic carbocycles. The number of rotatable bonds is 7. The van der Waals surface area contributed by atoms with Crippen molar-refractivity contribution in [3.8, 4) is 0 Å². The summed E-state index contributed by atoms with van der Waals surface area (Å²) in [4.78, 5) is 34.4. The van der Waals surface area contributed by atoms with Gasteiger partial charge in [-0.2, -0.15) is 0 Å². The molecule has 6 aliphatic rings. The standard InChI is InChI=1S/C35H62F2N8O2/c36-25-6-13-35(11-2-3-12-35)20-28(41-21-25)30(32(38)39)33(46)42-29-23-40-22-27(37)31(29)44-16-7-24(8-17-44)34(47)45-18-9-26(10-19-45)43-14-4-1-5-15-43/h24-32,40-41H,1-23,38-39H2,(H,42,46). The van der Waals surface area contributed by atoms with Crippen LogP contribution in [-0.4, -0.2) is 128 Å². The van der Waals surface area contributed by atoms with E-state index in [1.807, 2.05) is 0 Å². The molecule has 5 heterocycles. The van der Waals surface area contributed by atoms with E-state index in [9.17, 15) is 14.0 Å². The lowest BCUT2D eigenvalue weighted by Crippen LogP contribution is -2.68. The maximum absolute atomic E-state index is 15.7. The summed E-state index contributed by atoms with van der Waals surface area (Å²) < 4.78 is 30.4. The van der Waals surface area contributed by atoms with Gasteiger partial charge in [0, 0.05) is 50.7 Å². The molecule has 6 rings (SSSR count). The summed E-state index contributed by atoms with van der Waals surface area (Å²) in [5.41, 5.74) is 12.6. The Labute approximate surface area is 280 Å². The molecular formula is C35H62F2N8O2. The number of hydrogen-bond donors (Lipinski definition) is 5. The van der Waals surface area contributed by atoms with Gasteiger partial charge in [-0.1, -0.05) is 19.3 Å². The Balaban J connectivity index is 1.04. The van der Waals surface area contributed by atoms with Crippen molar-refractivity contribution in [2.24, 2.45) is 28.7 Å². The number of likely N-dealkylation sites (tertiary alicyclic amines) is 3. The highest BCUT2D eigenvalue weighted by atomic mass is 19.1. The van der Waals surface area contributed by atoms with E-state index in [-0.39, 0.29) is 42.3 Å². The molecule has 6 atom stereocenters. The third-order valence-corrected chi connectivity index (χ3v) is 12.9. The molecule has 268 valence electrons. The first-order chi connectivity index (χ1) is 22.7. The molecule has 7 N–H and O–H groups in total. The molecule has 1 saturated carbocycles. The number of alkyl halides is 2. The predicted octanol–water partition coefficient (Wildman–Crippen LogP) is 1.87. The van der Waals surface area contributed by atoms with E-state index in [0.29, 0.717) is 44.9 Å². The van der Waals surface area contributed by atoms with Gasteiger partial charge in [-0.15, -0.1) is 0 Å². The number of piperidine rings is 4. The molecule has 1 spiro atoms. The Morgan fingerprint density at radius 3 is 2.17 bits per heavy atom. The van der Waals surface area contributed by atoms with E-state index in [2.05, 4.69) is 30.7 Å². The summed E-state index contributed by atoms with van der Waals surface area (Å²) >= 11 is 0. The molecule has 12 heteroatoms. The smallest absolute Gasteiger partial charge is 0.227 e. The molecule has 1 aliphatic carbocycles. The molecule has 0 aromatic heterocycles. The zero-order valence-electron chi connectivity index (χ0n) is 28.5. The van der Waals surface area contributed by atoms with Gasteiger partial charge in [-0.25, -0.2) is 8.78 Å². The summed E-state index contributed by atoms with van der Waals surface area (Å²) in [6.45, 7) is 6.18. The Morgan fingerprint density at radius 2 is 1.49 bits per heavy atom. The van der Waals surface area contributed by atoms with Crippen LogP contribution in [0.5, 0.6) is 0 Å². The van der Waals surface area contributed by atoms with Crippen LogP contribution >= 0.6 is 0 Å². The molecule has 0 radical (unpaired) electrons. The molecule has 10 nitrogen and oxygen atoms in total. The van der Waals surface area contributed by atoms with Crippen LogP contribution < -0.4 is 27.4 Å². The first-order valence-electron chi connectivity index (χ1n) is 19.0. The number of nitrogens with zero attached hydrogens (tertiary/aromatic N) is 3. The van der Waals surface area contributed by atoms with Crippen LogP contribution in [0.2, 0.25) is 0 Å². The van der Waals surface area contributed by atoms with Crippen molar-refractivity contribution in [1.82, 2.24) is 30.7 Å². The summed E-state index contributed by atoms with van der Waals surface area (Å²) in [5.74, 6) is -0.806. The minimum atomic E-state index is -1.16. The summed E-state index contributed by atoms with van der Waals surface area (Å²) in [5, 5.41) is 9.65. The van der Waals surface area contributed by atoms with Crippen molar-refractivity contribution < 1.29 is 18.4 Å². The number of amides is 2. The van der Waals surface area contributed by atoms with Crippen LogP contribution in [0.4, 0.5) is 8.78 Å². The molecule has 0 aromatic rings. The Morgan fingerprint density at radius 1 is 0.787 bits per heavy atom. The SMILES string of the molecule is NC(N)C(C(=O)NC1CNCC(F)C1N1CCC(C(=O)N2CCC(N3CCCCC3)CC2)CC1)C1CC2(CCCC2)CCC(F)CN1. The molecule has 47 heavy (non-hydrogen) atoms. The highest BCUT2D eigenvalue weighted by Gasteiger charge is 2.46. The van der Waals surface area contributed by atoms with Crippen LogP contribution in [0.3, 0.4) is 0 Å². The number of carbonyl (C=O) groups excluding carboxylic acids is 2. The van der Waals surface area contributed by atoms with Gasteiger partial charge in [0.2, 0.25) is 11.8 Å². The maximum atomic E-state index is 15.7. The van der Waals surface area contributed by atoms with E-state index < -0.39 is 36.5 Å². The third kappa shape index (κ3) is 8.48. The summed E-state index contributed by atoms with van der Waals surface area (Å²) in [7, 11) is 0. The largest absolute Gasteiger partial charge is 0.350 e. The zero-order chi connectivity index (χ0) is 33.0. The average Bonchev–Trinajstić information content (AvgIpc) is 3.55. The van der Waals surface area contributed by atoms with Crippen molar-refractivity contribution in [2.75, 3.05) is 58.9 Å². The molecule has 6 fully saturated rings. The lowest BCUT2D eigenvalue weighted by molar-refractivity contribution is -0.139. The van der Waals surface area contributed by atoms with Gasteiger partial charge >= 0.3 is 0 Å². The highest BCUT2D eigenvalue weighted by molar-refractivity contribution is 5.80. The fourth-order valence-corrected chi connectivity index (χ4v) is 10.2. The Bertz CT molecular complexity index is 1030. The van der Waals surface area contributed by atoms with Crippen molar-refractivity contribution in [1.29, 1.82) is 0 Å². The normalized spacial score (nSPS) is 34.7. The van der Waals surface area contributed by atoms with Gasteiger partial charge in [-0.05, 0) is 102 Å². The van der Waals surface area contributed by atoms with Gasteiger partial charge in [-0.3, -0.25) is 14.5 Å². The van der Waals surface area contributed by atoms with Gasteiger partial charge < -0.3 is 37.2 Å². The fraction of sp³-hybridized carbons (Fsp3) is 0.943.